The number of rotatable bonds is 5. The molecule has 1 amide bonds. The van der Waals surface area contributed by atoms with Crippen molar-refractivity contribution in [2.45, 2.75) is 17.7 Å². The van der Waals surface area contributed by atoms with Crippen LogP contribution in [-0.2, 0) is 4.74 Å². The van der Waals surface area contributed by atoms with Crippen molar-refractivity contribution in [2.24, 2.45) is 0 Å². The Morgan fingerprint density at radius 2 is 2.33 bits per heavy atom. The summed E-state index contributed by atoms with van der Waals surface area (Å²) in [6, 6.07) is 0.0877. The van der Waals surface area contributed by atoms with E-state index < -0.39 is 0 Å². The Kier molecular flexibility index (Phi) is 6.29. The number of hydrogen-bond donors (Lipinski definition) is 1. The average molecular weight is 270 g/mol. The smallest absolute Gasteiger partial charge is 0.410 e. The first-order valence-corrected chi connectivity index (χ1v) is 6.60. The lowest BCUT2D eigenvalue weighted by molar-refractivity contribution is 0.114. The Morgan fingerprint density at radius 3 is 2.94 bits per heavy atom. The molecule has 102 valence electrons. The second-order valence-electron chi connectivity index (χ2n) is 4.67. The van der Waals surface area contributed by atoms with E-state index in [1.165, 1.54) is 0 Å². The first-order chi connectivity index (χ1) is 8.54. The molecule has 18 heavy (non-hydrogen) atoms. The Bertz CT molecular complexity index is 318. The third-order valence-corrected chi connectivity index (χ3v) is 3.08. The summed E-state index contributed by atoms with van der Waals surface area (Å²) < 4.78 is 5.07. The van der Waals surface area contributed by atoms with Gasteiger partial charge >= 0.3 is 6.09 Å². The first-order valence-electron chi connectivity index (χ1n) is 6.08. The molecule has 0 aromatic carbocycles. The van der Waals surface area contributed by atoms with Crippen LogP contribution in [0.1, 0.15) is 6.42 Å². The lowest BCUT2D eigenvalue weighted by Crippen LogP contribution is -2.35. The number of likely N-dealkylation sites (N-methyl/N-ethyl adjacent to an activating group) is 1. The van der Waals surface area contributed by atoms with Gasteiger partial charge in [0.1, 0.15) is 6.61 Å². The molecule has 0 unspecified atom stereocenters. The van der Waals surface area contributed by atoms with Gasteiger partial charge in [-0.2, -0.15) is 12.6 Å². The zero-order valence-electron chi connectivity index (χ0n) is 11.1. The van der Waals surface area contributed by atoms with Gasteiger partial charge in [-0.25, -0.2) is 4.79 Å². The van der Waals surface area contributed by atoms with Crippen LogP contribution in [0.2, 0.25) is 0 Å². The fraction of sp³-hybridized carbons (Fsp3) is 0.615. The maximum absolute atomic E-state index is 11.8. The van der Waals surface area contributed by atoms with Crippen LogP contribution in [0, 0.1) is 0 Å². The van der Waals surface area contributed by atoms with Crippen LogP contribution in [0.5, 0.6) is 0 Å². The van der Waals surface area contributed by atoms with Gasteiger partial charge < -0.3 is 14.5 Å². The molecule has 1 saturated heterocycles. The first kappa shape index (κ1) is 15.1. The predicted molar refractivity (Wildman–Crippen MR) is 77.1 cm³/mol. The van der Waals surface area contributed by atoms with Crippen molar-refractivity contribution in [1.29, 1.82) is 0 Å². The standard InChI is InChI=1S/C13H22N2O2S/c1-4-8-17-13(16)15-10-12(18)9-11(15)6-5-7-14(2)3/h4-6,11-12,18H,1,7-10H2,2-3H3/t11-,12+/m1/s1. The van der Waals surface area contributed by atoms with Crippen LogP contribution in [0.4, 0.5) is 4.79 Å². The number of hydrogen-bond acceptors (Lipinski definition) is 4. The Hall–Kier alpha value is -0.940. The van der Waals surface area contributed by atoms with Crippen molar-refractivity contribution >= 4 is 18.7 Å². The van der Waals surface area contributed by atoms with Crippen LogP contribution < -0.4 is 0 Å². The van der Waals surface area contributed by atoms with Gasteiger partial charge in [-0.1, -0.05) is 24.8 Å². The van der Waals surface area contributed by atoms with E-state index >= 15 is 0 Å². The summed E-state index contributed by atoms with van der Waals surface area (Å²) in [5.41, 5.74) is 0. The van der Waals surface area contributed by atoms with Crippen molar-refractivity contribution in [1.82, 2.24) is 9.80 Å². The van der Waals surface area contributed by atoms with Gasteiger partial charge in [0.25, 0.3) is 0 Å². The minimum atomic E-state index is -0.286. The highest BCUT2D eigenvalue weighted by molar-refractivity contribution is 7.81. The number of ether oxygens (including phenoxy) is 1. The maximum atomic E-state index is 11.8. The van der Waals surface area contributed by atoms with Gasteiger partial charge in [-0.15, -0.1) is 0 Å². The van der Waals surface area contributed by atoms with Crippen molar-refractivity contribution in [3.63, 3.8) is 0 Å². The van der Waals surface area contributed by atoms with E-state index in [2.05, 4.69) is 36.3 Å². The molecule has 0 aromatic heterocycles. The normalized spacial score (nSPS) is 23.9. The third kappa shape index (κ3) is 4.74. The highest BCUT2D eigenvalue weighted by atomic mass is 32.1. The molecule has 2 atom stereocenters. The zero-order chi connectivity index (χ0) is 13.5. The molecule has 1 aliphatic heterocycles. The Morgan fingerprint density at radius 1 is 1.61 bits per heavy atom. The molecule has 0 aliphatic carbocycles. The SMILES string of the molecule is C=CCOC(=O)N1C[C@@H](S)C[C@H]1C=CCN(C)C. The molecule has 5 heteroatoms. The molecule has 0 N–H and O–H groups in total. The zero-order valence-corrected chi connectivity index (χ0v) is 12.0. The number of likely N-dealkylation sites (tertiary alicyclic amines) is 1. The quantitative estimate of drug-likeness (QED) is 0.611. The summed E-state index contributed by atoms with van der Waals surface area (Å²) in [6.07, 6.45) is 6.29. The van der Waals surface area contributed by atoms with Gasteiger partial charge in [0.2, 0.25) is 0 Å². The molecule has 0 bridgehead atoms. The van der Waals surface area contributed by atoms with E-state index in [1.54, 1.807) is 11.0 Å². The van der Waals surface area contributed by atoms with E-state index in [-0.39, 0.29) is 24.0 Å². The van der Waals surface area contributed by atoms with E-state index in [9.17, 15) is 4.79 Å². The lowest BCUT2D eigenvalue weighted by atomic mass is 10.2. The molecular weight excluding hydrogens is 248 g/mol. The van der Waals surface area contributed by atoms with Gasteiger partial charge in [-0.3, -0.25) is 0 Å². The van der Waals surface area contributed by atoms with E-state index in [1.807, 2.05) is 14.1 Å². The molecular formula is C13H22N2O2S. The monoisotopic (exact) mass is 270 g/mol. The molecule has 1 aliphatic rings. The van der Waals surface area contributed by atoms with Crippen LogP contribution in [0.25, 0.3) is 0 Å². The number of amides is 1. The van der Waals surface area contributed by atoms with Crippen LogP contribution in [-0.4, -0.2) is 61.0 Å². The van der Waals surface area contributed by atoms with E-state index in [0.717, 1.165) is 13.0 Å². The average Bonchev–Trinajstić information content (AvgIpc) is 2.67. The summed E-state index contributed by atoms with van der Waals surface area (Å²) in [5, 5.41) is 0.218. The highest BCUT2D eigenvalue weighted by Gasteiger charge is 2.32. The Balaban J connectivity index is 2.55. The summed E-state index contributed by atoms with van der Waals surface area (Å²) >= 11 is 4.45. The van der Waals surface area contributed by atoms with Crippen LogP contribution in [0.15, 0.2) is 24.8 Å². The minimum Gasteiger partial charge on any atom is -0.445 e. The molecule has 0 spiro atoms. The number of carbonyl (C=O) groups is 1. The number of nitrogens with zero attached hydrogens (tertiary/aromatic N) is 2. The summed E-state index contributed by atoms with van der Waals surface area (Å²) in [7, 11) is 4.02. The third-order valence-electron chi connectivity index (χ3n) is 2.71. The summed E-state index contributed by atoms with van der Waals surface area (Å²) in [6.45, 7) is 5.28. The van der Waals surface area contributed by atoms with E-state index in [0.29, 0.717) is 6.54 Å². The Labute approximate surface area is 115 Å². The predicted octanol–water partition coefficient (Wildman–Crippen LogP) is 1.80. The second kappa shape index (κ2) is 7.48. The lowest BCUT2D eigenvalue weighted by Gasteiger charge is -2.21. The summed E-state index contributed by atoms with van der Waals surface area (Å²) in [5.74, 6) is 0. The molecule has 0 radical (unpaired) electrons. The van der Waals surface area contributed by atoms with Gasteiger partial charge in [-0.05, 0) is 20.5 Å². The molecule has 1 rings (SSSR count). The van der Waals surface area contributed by atoms with Gasteiger partial charge in [0, 0.05) is 18.3 Å². The maximum Gasteiger partial charge on any atom is 0.410 e. The largest absolute Gasteiger partial charge is 0.445 e. The summed E-state index contributed by atoms with van der Waals surface area (Å²) in [4.78, 5) is 15.6. The van der Waals surface area contributed by atoms with Crippen LogP contribution in [0.3, 0.4) is 0 Å². The van der Waals surface area contributed by atoms with Gasteiger partial charge in [0.05, 0.1) is 6.04 Å². The molecule has 4 nitrogen and oxygen atoms in total. The topological polar surface area (TPSA) is 32.8 Å². The fourth-order valence-electron chi connectivity index (χ4n) is 1.88. The van der Waals surface area contributed by atoms with Crippen molar-refractivity contribution in [3.8, 4) is 0 Å². The van der Waals surface area contributed by atoms with Crippen molar-refractivity contribution < 1.29 is 9.53 Å². The molecule has 1 fully saturated rings. The van der Waals surface area contributed by atoms with Crippen LogP contribution >= 0.6 is 12.6 Å². The van der Waals surface area contributed by atoms with Crippen molar-refractivity contribution in [2.75, 3.05) is 33.8 Å². The molecule has 0 aromatic rings. The number of carbonyl (C=O) groups excluding carboxylic acids is 1. The van der Waals surface area contributed by atoms with Crippen molar-refractivity contribution in [3.05, 3.63) is 24.8 Å². The highest BCUT2D eigenvalue weighted by Crippen LogP contribution is 2.23. The molecule has 0 saturated carbocycles. The fourth-order valence-corrected chi connectivity index (χ4v) is 2.27. The number of thiol groups is 1. The van der Waals surface area contributed by atoms with Gasteiger partial charge in [0.15, 0.2) is 0 Å². The van der Waals surface area contributed by atoms with E-state index in [4.69, 9.17) is 4.74 Å². The molecule has 1 heterocycles. The minimum absolute atomic E-state index is 0.0877. The second-order valence-corrected chi connectivity index (χ2v) is 5.40.